The molecule has 0 bridgehead atoms. The zero-order valence-corrected chi connectivity index (χ0v) is 7.72. The van der Waals surface area contributed by atoms with Crippen molar-refractivity contribution in [1.82, 2.24) is 0 Å². The van der Waals surface area contributed by atoms with Crippen molar-refractivity contribution < 1.29 is 0 Å². The molecule has 1 nitrogen and oxygen atoms in total. The van der Waals surface area contributed by atoms with Crippen molar-refractivity contribution in [3.8, 4) is 0 Å². The minimum absolute atomic E-state index is 0.727. The molecule has 0 amide bonds. The quantitative estimate of drug-likeness (QED) is 0.633. The lowest BCUT2D eigenvalue weighted by molar-refractivity contribution is 0.500. The highest BCUT2D eigenvalue weighted by molar-refractivity contribution is 5.63. The van der Waals surface area contributed by atoms with Crippen LogP contribution in [0.1, 0.15) is 37.2 Å². The number of anilines is 1. The fourth-order valence-corrected chi connectivity index (χ4v) is 2.59. The number of hydrogen-bond donors (Lipinski definition) is 1. The van der Waals surface area contributed by atoms with E-state index in [1.807, 2.05) is 0 Å². The van der Waals surface area contributed by atoms with Crippen molar-refractivity contribution in [2.45, 2.75) is 31.6 Å². The van der Waals surface area contributed by atoms with E-state index in [1.165, 1.54) is 36.9 Å². The number of nitrogens with one attached hydrogen (secondary N) is 1. The Labute approximate surface area is 79.2 Å². The van der Waals surface area contributed by atoms with Crippen molar-refractivity contribution in [1.29, 1.82) is 0 Å². The normalized spacial score (nSPS) is 26.3. The fraction of sp³-hybridized carbons (Fsp3) is 0.417. The topological polar surface area (TPSA) is 12.0 Å². The van der Waals surface area contributed by atoms with E-state index in [1.54, 1.807) is 6.04 Å². The van der Waals surface area contributed by atoms with Gasteiger partial charge in [0.2, 0.25) is 0 Å². The summed E-state index contributed by atoms with van der Waals surface area (Å²) < 4.78 is 0. The smallest absolute Gasteiger partial charge is 0.0677 e. The minimum Gasteiger partial charge on any atom is -0.376 e. The standard InChI is InChI=1S/C12H14N/c1-3-7-11-9(5-1)10-6-2-4-8-12(10)13-11/h1,3,5,7,10,13H,2,4,6,8H2. The molecule has 0 spiro atoms. The second kappa shape index (κ2) is 2.76. The Kier molecular flexibility index (Phi) is 1.58. The van der Waals surface area contributed by atoms with Crippen LogP contribution in [-0.4, -0.2) is 0 Å². The summed E-state index contributed by atoms with van der Waals surface area (Å²) >= 11 is 0. The van der Waals surface area contributed by atoms with E-state index in [2.05, 4.69) is 29.6 Å². The second-order valence-electron chi connectivity index (χ2n) is 4.04. The molecule has 13 heavy (non-hydrogen) atoms. The van der Waals surface area contributed by atoms with E-state index in [9.17, 15) is 0 Å². The maximum atomic E-state index is 3.55. The predicted octanol–water partition coefficient (Wildman–Crippen LogP) is 3.30. The molecule has 0 saturated heterocycles. The van der Waals surface area contributed by atoms with Crippen molar-refractivity contribution in [3.63, 3.8) is 0 Å². The molecule has 0 aromatic heterocycles. The van der Waals surface area contributed by atoms with Crippen LogP contribution >= 0.6 is 0 Å². The van der Waals surface area contributed by atoms with Crippen LogP contribution in [0.2, 0.25) is 0 Å². The molecular formula is C12H14N. The summed E-state index contributed by atoms with van der Waals surface area (Å²) in [5.74, 6) is 0.727. The summed E-state index contributed by atoms with van der Waals surface area (Å²) in [6.45, 7) is 0. The van der Waals surface area contributed by atoms with E-state index < -0.39 is 0 Å². The number of hydrogen-bond acceptors (Lipinski definition) is 1. The lowest BCUT2D eigenvalue weighted by Crippen LogP contribution is -2.15. The molecule has 1 radical (unpaired) electrons. The summed E-state index contributed by atoms with van der Waals surface area (Å²) in [5.41, 5.74) is 2.88. The average Bonchev–Trinajstić information content (AvgIpc) is 2.56. The van der Waals surface area contributed by atoms with Gasteiger partial charge in [0.05, 0.1) is 6.04 Å². The van der Waals surface area contributed by atoms with E-state index >= 15 is 0 Å². The summed E-state index contributed by atoms with van der Waals surface area (Å²) in [4.78, 5) is 0. The largest absolute Gasteiger partial charge is 0.376 e. The van der Waals surface area contributed by atoms with Gasteiger partial charge in [-0.05, 0) is 24.5 Å². The van der Waals surface area contributed by atoms with Gasteiger partial charge in [0.15, 0.2) is 0 Å². The average molecular weight is 172 g/mol. The van der Waals surface area contributed by atoms with Gasteiger partial charge in [0.1, 0.15) is 0 Å². The molecule has 3 rings (SSSR count). The number of fused-ring (bicyclic) bond motifs is 3. The second-order valence-corrected chi connectivity index (χ2v) is 4.04. The molecule has 1 aliphatic heterocycles. The third-order valence-corrected chi connectivity index (χ3v) is 3.24. The van der Waals surface area contributed by atoms with Crippen LogP contribution in [0, 0.1) is 6.04 Å². The summed E-state index contributed by atoms with van der Waals surface area (Å²) in [6.07, 6.45) is 5.38. The highest BCUT2D eigenvalue weighted by Crippen LogP contribution is 2.47. The highest BCUT2D eigenvalue weighted by Gasteiger charge is 2.33. The van der Waals surface area contributed by atoms with Crippen molar-refractivity contribution in [3.05, 3.63) is 35.9 Å². The van der Waals surface area contributed by atoms with Gasteiger partial charge in [-0.1, -0.05) is 31.0 Å². The maximum absolute atomic E-state index is 3.55. The first kappa shape index (κ1) is 7.43. The van der Waals surface area contributed by atoms with Crippen molar-refractivity contribution in [2.75, 3.05) is 5.32 Å². The van der Waals surface area contributed by atoms with Crippen LogP contribution < -0.4 is 5.32 Å². The van der Waals surface area contributed by atoms with E-state index in [4.69, 9.17) is 0 Å². The molecule has 1 N–H and O–H groups in total. The van der Waals surface area contributed by atoms with Gasteiger partial charge in [-0.15, -0.1) is 0 Å². The predicted molar refractivity (Wildman–Crippen MR) is 54.5 cm³/mol. The highest BCUT2D eigenvalue weighted by atomic mass is 15.0. The molecule has 1 heterocycles. The Bertz CT molecular complexity index is 319. The van der Waals surface area contributed by atoms with Crippen molar-refractivity contribution in [2.24, 2.45) is 0 Å². The molecule has 67 valence electrons. The first-order valence-electron chi connectivity index (χ1n) is 5.17. The molecular weight excluding hydrogens is 158 g/mol. The SMILES string of the molecule is c1ccc2c(c1)N[C]1CCCCC12. The van der Waals surface area contributed by atoms with Gasteiger partial charge in [-0.2, -0.15) is 0 Å². The Morgan fingerprint density at radius 1 is 1.15 bits per heavy atom. The summed E-state index contributed by atoms with van der Waals surface area (Å²) in [7, 11) is 0. The molecule has 1 aromatic carbocycles. The van der Waals surface area contributed by atoms with Crippen LogP contribution in [-0.2, 0) is 0 Å². The van der Waals surface area contributed by atoms with Gasteiger partial charge < -0.3 is 5.32 Å². The van der Waals surface area contributed by atoms with Crippen LogP contribution in [0.5, 0.6) is 0 Å². The summed E-state index contributed by atoms with van der Waals surface area (Å²) in [6, 6.07) is 10.3. The van der Waals surface area contributed by atoms with Crippen LogP contribution in [0.15, 0.2) is 24.3 Å². The van der Waals surface area contributed by atoms with Gasteiger partial charge in [-0.3, -0.25) is 0 Å². The van der Waals surface area contributed by atoms with E-state index in [0.717, 1.165) is 5.92 Å². The number of para-hydroxylation sites is 1. The molecule has 1 aromatic rings. The third kappa shape index (κ3) is 1.06. The Morgan fingerprint density at radius 2 is 2.08 bits per heavy atom. The summed E-state index contributed by atoms with van der Waals surface area (Å²) in [5, 5.41) is 3.55. The molecule has 2 aliphatic rings. The number of benzene rings is 1. The van der Waals surface area contributed by atoms with E-state index in [0.29, 0.717) is 0 Å². The molecule has 1 unspecified atom stereocenters. The van der Waals surface area contributed by atoms with Gasteiger partial charge in [-0.25, -0.2) is 0 Å². The van der Waals surface area contributed by atoms with Gasteiger partial charge in [0, 0.05) is 11.6 Å². The molecule has 1 saturated carbocycles. The Balaban J connectivity index is 2.01. The van der Waals surface area contributed by atoms with E-state index in [-0.39, 0.29) is 0 Å². The lowest BCUT2D eigenvalue weighted by atomic mass is 9.83. The number of rotatable bonds is 0. The molecule has 1 atom stereocenters. The Morgan fingerprint density at radius 3 is 3.08 bits per heavy atom. The monoisotopic (exact) mass is 172 g/mol. The van der Waals surface area contributed by atoms with Crippen LogP contribution in [0.4, 0.5) is 5.69 Å². The first-order valence-corrected chi connectivity index (χ1v) is 5.17. The zero-order valence-electron chi connectivity index (χ0n) is 7.72. The fourth-order valence-electron chi connectivity index (χ4n) is 2.59. The molecule has 1 heteroatoms. The van der Waals surface area contributed by atoms with Crippen molar-refractivity contribution >= 4 is 5.69 Å². The third-order valence-electron chi connectivity index (χ3n) is 3.24. The van der Waals surface area contributed by atoms with Gasteiger partial charge in [0.25, 0.3) is 0 Å². The van der Waals surface area contributed by atoms with Gasteiger partial charge >= 0.3 is 0 Å². The molecule has 1 fully saturated rings. The van der Waals surface area contributed by atoms with Crippen LogP contribution in [0.3, 0.4) is 0 Å². The maximum Gasteiger partial charge on any atom is 0.0677 e. The Hall–Kier alpha value is -0.980. The molecule has 1 aliphatic carbocycles. The van der Waals surface area contributed by atoms with Crippen LogP contribution in [0.25, 0.3) is 0 Å². The zero-order chi connectivity index (χ0) is 8.67. The minimum atomic E-state index is 0.727. The first-order chi connectivity index (χ1) is 6.45. The lowest BCUT2D eigenvalue weighted by Gasteiger charge is -2.24.